The Hall–Kier alpha value is -2.68. The lowest BCUT2D eigenvalue weighted by Crippen LogP contribution is -2.21. The number of anilines is 1. The van der Waals surface area contributed by atoms with Crippen LogP contribution >= 0.6 is 11.9 Å². The van der Waals surface area contributed by atoms with Gasteiger partial charge in [0.1, 0.15) is 17.9 Å². The molecule has 1 aliphatic heterocycles. The van der Waals surface area contributed by atoms with E-state index in [9.17, 15) is 4.39 Å². The summed E-state index contributed by atoms with van der Waals surface area (Å²) in [6.45, 7) is 0.705. The van der Waals surface area contributed by atoms with Crippen molar-refractivity contribution in [1.29, 1.82) is 0 Å². The quantitative estimate of drug-likeness (QED) is 0.483. The number of nitrogen functional groups attached to an aromatic ring is 1. The molecule has 5 rings (SSSR count). The van der Waals surface area contributed by atoms with Gasteiger partial charge in [-0.2, -0.15) is 5.10 Å². The Morgan fingerprint density at radius 3 is 2.93 bits per heavy atom. The van der Waals surface area contributed by atoms with Gasteiger partial charge in [-0.1, -0.05) is 30.3 Å². The van der Waals surface area contributed by atoms with Crippen LogP contribution in [0.2, 0.25) is 0 Å². The van der Waals surface area contributed by atoms with E-state index in [-0.39, 0.29) is 23.5 Å². The third kappa shape index (κ3) is 3.55. The number of fused-ring (bicyclic) bond motifs is 2. The summed E-state index contributed by atoms with van der Waals surface area (Å²) in [7, 11) is 0. The zero-order chi connectivity index (χ0) is 19.8. The number of ether oxygens (including phenoxy) is 1. The highest BCUT2D eigenvalue weighted by Crippen LogP contribution is 2.35. The zero-order valence-electron chi connectivity index (χ0n) is 15.6. The molecule has 0 bridgehead atoms. The van der Waals surface area contributed by atoms with Crippen molar-refractivity contribution in [2.75, 3.05) is 12.3 Å². The number of nitrogens with one attached hydrogen (secondary N) is 1. The van der Waals surface area contributed by atoms with Gasteiger partial charge >= 0.3 is 0 Å². The number of benzene rings is 2. The van der Waals surface area contributed by atoms with Gasteiger partial charge in [-0.15, -0.1) is 0 Å². The van der Waals surface area contributed by atoms with Crippen molar-refractivity contribution >= 4 is 34.1 Å². The molecular weight excluding hydrogens is 389 g/mol. The molecule has 6 nitrogen and oxygen atoms in total. The molecule has 0 radical (unpaired) electrons. The largest absolute Gasteiger partial charge is 0.382 e. The highest BCUT2D eigenvalue weighted by atomic mass is 32.2. The number of aromatic nitrogens is 3. The van der Waals surface area contributed by atoms with Gasteiger partial charge in [-0.05, 0) is 47.7 Å². The fourth-order valence-electron chi connectivity index (χ4n) is 3.80. The first-order chi connectivity index (χ1) is 14.2. The fourth-order valence-corrected chi connectivity index (χ4v) is 4.56. The van der Waals surface area contributed by atoms with E-state index in [4.69, 9.17) is 10.5 Å². The van der Waals surface area contributed by atoms with Crippen molar-refractivity contribution in [2.24, 2.45) is 0 Å². The van der Waals surface area contributed by atoms with E-state index < -0.39 is 5.82 Å². The average molecular weight is 409 g/mol. The first kappa shape index (κ1) is 18.4. The van der Waals surface area contributed by atoms with Crippen LogP contribution in [0.1, 0.15) is 24.6 Å². The SMILES string of the molecule is Nc1ncnn2c([C@H]3CCC(CNSc4ccc5ccccc5c4)O3)cc(F)c12. The van der Waals surface area contributed by atoms with Gasteiger partial charge in [0, 0.05) is 17.5 Å². The summed E-state index contributed by atoms with van der Waals surface area (Å²) in [5.74, 6) is -0.290. The summed E-state index contributed by atoms with van der Waals surface area (Å²) in [5, 5.41) is 6.60. The van der Waals surface area contributed by atoms with Gasteiger partial charge in [0.2, 0.25) is 0 Å². The molecule has 1 unspecified atom stereocenters. The number of halogens is 1. The van der Waals surface area contributed by atoms with Crippen molar-refractivity contribution in [1.82, 2.24) is 19.3 Å². The maximum absolute atomic E-state index is 14.3. The Balaban J connectivity index is 1.22. The van der Waals surface area contributed by atoms with Crippen molar-refractivity contribution < 1.29 is 9.13 Å². The lowest BCUT2D eigenvalue weighted by molar-refractivity contribution is 0.0448. The van der Waals surface area contributed by atoms with Gasteiger partial charge in [0.05, 0.1) is 11.8 Å². The minimum absolute atomic E-state index is 0.0563. The van der Waals surface area contributed by atoms with Crippen LogP contribution in [0.5, 0.6) is 0 Å². The summed E-state index contributed by atoms with van der Waals surface area (Å²) in [6.07, 6.45) is 2.88. The van der Waals surface area contributed by atoms with Gasteiger partial charge < -0.3 is 10.5 Å². The Kier molecular flexibility index (Phi) is 4.83. The van der Waals surface area contributed by atoms with Crippen molar-refractivity contribution in [3.05, 3.63) is 66.4 Å². The molecule has 3 heterocycles. The lowest BCUT2D eigenvalue weighted by Gasteiger charge is -2.14. The third-order valence-corrected chi connectivity index (χ3v) is 6.02. The Morgan fingerprint density at radius 1 is 1.17 bits per heavy atom. The smallest absolute Gasteiger partial charge is 0.154 e. The van der Waals surface area contributed by atoms with E-state index in [1.165, 1.54) is 27.7 Å². The minimum Gasteiger partial charge on any atom is -0.382 e. The van der Waals surface area contributed by atoms with Gasteiger partial charge in [-0.3, -0.25) is 4.72 Å². The molecule has 8 heteroatoms. The zero-order valence-corrected chi connectivity index (χ0v) is 16.4. The Morgan fingerprint density at radius 2 is 2.03 bits per heavy atom. The van der Waals surface area contributed by atoms with Gasteiger partial charge in [0.25, 0.3) is 0 Å². The molecule has 1 aliphatic rings. The number of rotatable bonds is 5. The number of hydrogen-bond donors (Lipinski definition) is 2. The summed E-state index contributed by atoms with van der Waals surface area (Å²) >= 11 is 1.60. The minimum atomic E-state index is -0.421. The molecule has 0 aliphatic carbocycles. The Bertz CT molecular complexity index is 1180. The third-order valence-electron chi connectivity index (χ3n) is 5.22. The van der Waals surface area contributed by atoms with E-state index in [0.29, 0.717) is 12.2 Å². The molecule has 3 N–H and O–H groups in total. The van der Waals surface area contributed by atoms with Crippen LogP contribution < -0.4 is 10.5 Å². The van der Waals surface area contributed by atoms with Crippen molar-refractivity contribution in [3.63, 3.8) is 0 Å². The molecule has 4 aromatic rings. The van der Waals surface area contributed by atoms with Crippen LogP contribution in [-0.2, 0) is 4.74 Å². The molecule has 148 valence electrons. The number of hydrogen-bond acceptors (Lipinski definition) is 6. The maximum Gasteiger partial charge on any atom is 0.154 e. The fraction of sp³-hybridized carbons (Fsp3) is 0.238. The van der Waals surface area contributed by atoms with Crippen LogP contribution in [0.3, 0.4) is 0 Å². The molecular formula is C21H20FN5OS. The topological polar surface area (TPSA) is 77.5 Å². The number of nitrogens with zero attached hydrogens (tertiary/aromatic N) is 3. The van der Waals surface area contributed by atoms with Crippen LogP contribution in [0, 0.1) is 5.82 Å². The molecule has 1 fully saturated rings. The van der Waals surface area contributed by atoms with E-state index in [0.717, 1.165) is 17.7 Å². The summed E-state index contributed by atoms with van der Waals surface area (Å²) in [4.78, 5) is 5.02. The molecule has 2 aromatic heterocycles. The lowest BCUT2D eigenvalue weighted by atomic mass is 10.1. The van der Waals surface area contributed by atoms with E-state index in [1.807, 2.05) is 12.1 Å². The summed E-state index contributed by atoms with van der Waals surface area (Å²) in [5.41, 5.74) is 6.67. The second-order valence-corrected chi connectivity index (χ2v) is 8.07. The van der Waals surface area contributed by atoms with Gasteiger partial charge in [0.15, 0.2) is 11.6 Å². The van der Waals surface area contributed by atoms with E-state index in [2.05, 4.69) is 45.1 Å². The standard InChI is InChI=1S/C21H20FN5OS/c22-17-10-18(27-20(17)21(23)24-12-25-27)19-8-6-15(28-19)11-26-29-16-7-5-13-3-1-2-4-14(13)9-16/h1-5,7,9-10,12,15,19,26H,6,8,11H2,(H2,23,24,25)/t15?,19-/m1/s1. The highest BCUT2D eigenvalue weighted by molar-refractivity contribution is 7.97. The predicted octanol–water partition coefficient (Wildman–Crippen LogP) is 4.12. The van der Waals surface area contributed by atoms with Crippen LogP contribution in [0.25, 0.3) is 16.3 Å². The molecule has 0 spiro atoms. The first-order valence-electron chi connectivity index (χ1n) is 9.50. The Labute approximate surface area is 171 Å². The van der Waals surface area contributed by atoms with Crippen molar-refractivity contribution in [3.8, 4) is 0 Å². The maximum atomic E-state index is 14.3. The molecule has 0 saturated carbocycles. The van der Waals surface area contributed by atoms with E-state index in [1.54, 1.807) is 11.9 Å². The van der Waals surface area contributed by atoms with Gasteiger partial charge in [-0.25, -0.2) is 13.9 Å². The highest BCUT2D eigenvalue weighted by Gasteiger charge is 2.30. The van der Waals surface area contributed by atoms with Crippen LogP contribution in [0.4, 0.5) is 10.2 Å². The molecule has 29 heavy (non-hydrogen) atoms. The molecule has 2 aromatic carbocycles. The summed E-state index contributed by atoms with van der Waals surface area (Å²) < 4.78 is 25.3. The number of nitrogens with two attached hydrogens (primary N) is 1. The molecule has 2 atom stereocenters. The predicted molar refractivity (Wildman–Crippen MR) is 112 cm³/mol. The first-order valence-corrected chi connectivity index (χ1v) is 10.3. The second kappa shape index (κ2) is 7.62. The van der Waals surface area contributed by atoms with E-state index >= 15 is 0 Å². The normalized spacial score (nSPS) is 19.3. The monoisotopic (exact) mass is 409 g/mol. The molecule has 0 amide bonds. The van der Waals surface area contributed by atoms with Crippen LogP contribution in [-0.4, -0.2) is 27.2 Å². The summed E-state index contributed by atoms with van der Waals surface area (Å²) in [6, 6.07) is 16.2. The molecule has 1 saturated heterocycles. The van der Waals surface area contributed by atoms with Crippen molar-refractivity contribution in [2.45, 2.75) is 29.9 Å². The average Bonchev–Trinajstić information content (AvgIpc) is 3.33. The second-order valence-electron chi connectivity index (χ2n) is 7.11. The van der Waals surface area contributed by atoms with Crippen LogP contribution in [0.15, 0.2) is 59.8 Å².